The largest absolute Gasteiger partial charge is 0.310 e. The van der Waals surface area contributed by atoms with Crippen molar-refractivity contribution < 1.29 is 0 Å². The minimum atomic E-state index is -0.0978. The van der Waals surface area contributed by atoms with E-state index in [0.717, 1.165) is 32.1 Å². The lowest BCUT2D eigenvalue weighted by Gasteiger charge is -2.46. The fourth-order valence-electron chi connectivity index (χ4n) is 13.2. The van der Waals surface area contributed by atoms with Gasteiger partial charge in [-0.2, -0.15) is 0 Å². The van der Waals surface area contributed by atoms with Gasteiger partial charge in [-0.25, -0.2) is 0 Å². The first-order chi connectivity index (χ1) is 39.7. The molecule has 0 spiro atoms. The summed E-state index contributed by atoms with van der Waals surface area (Å²) in [6, 6.07) is 75.8. The maximum absolute atomic E-state index is 2.77. The van der Waals surface area contributed by atoms with Gasteiger partial charge in [-0.05, 0) is 165 Å². The van der Waals surface area contributed by atoms with E-state index in [1.807, 2.05) is 0 Å². The molecule has 0 radical (unpaired) electrons. The SMILES string of the molecule is CCCCCCc1ccc2c(c1)B1c3cc(CCCCCC)ccc3N(c3c(-c4ccccc4)cc(C(C)(C)C)cc3-c3ccccc3)c3cc(CCCCCC)cc(c31)N2c1c(-c2ccccc2)cc(CC)cc1-c1ccccc1. The zero-order valence-electron chi connectivity index (χ0n) is 49.8. The van der Waals surface area contributed by atoms with Crippen LogP contribution in [0.25, 0.3) is 44.5 Å². The molecule has 2 aliphatic rings. The quantitative estimate of drug-likeness (QED) is 0.0493. The van der Waals surface area contributed by atoms with Gasteiger partial charge in [-0.15, -0.1) is 0 Å². The molecule has 0 saturated carbocycles. The Morgan fingerprint density at radius 2 is 0.691 bits per heavy atom. The monoisotopic (exact) mass is 1060 g/mol. The molecule has 3 heteroatoms. The van der Waals surface area contributed by atoms with E-state index >= 15 is 0 Å². The first-order valence-corrected chi connectivity index (χ1v) is 31.3. The van der Waals surface area contributed by atoms with Crippen LogP contribution in [0.1, 0.15) is 153 Å². The third-order valence-electron chi connectivity index (χ3n) is 17.6. The van der Waals surface area contributed by atoms with Crippen molar-refractivity contribution in [2.45, 2.75) is 157 Å². The van der Waals surface area contributed by atoms with Gasteiger partial charge < -0.3 is 9.80 Å². The van der Waals surface area contributed by atoms with Gasteiger partial charge >= 0.3 is 0 Å². The van der Waals surface area contributed by atoms with Crippen LogP contribution in [0.2, 0.25) is 0 Å². The predicted molar refractivity (Wildman–Crippen MR) is 354 cm³/mol. The van der Waals surface area contributed by atoms with E-state index in [4.69, 9.17) is 0 Å². The lowest BCUT2D eigenvalue weighted by atomic mass is 9.33. The molecule has 9 aromatic rings. The average molecular weight is 1060 g/mol. The Balaban J connectivity index is 1.30. The summed E-state index contributed by atoms with van der Waals surface area (Å²) >= 11 is 0. The van der Waals surface area contributed by atoms with Crippen molar-refractivity contribution in [3.05, 3.63) is 222 Å². The highest BCUT2D eigenvalue weighted by atomic mass is 15.2. The Morgan fingerprint density at radius 3 is 1.04 bits per heavy atom. The van der Waals surface area contributed by atoms with Crippen LogP contribution >= 0.6 is 0 Å². The lowest BCUT2D eigenvalue weighted by molar-refractivity contribution is 0.591. The Bertz CT molecular complexity index is 3450. The molecule has 2 aliphatic heterocycles. The second kappa shape index (κ2) is 25.2. The molecule has 0 amide bonds. The van der Waals surface area contributed by atoms with Crippen molar-refractivity contribution in [2.24, 2.45) is 0 Å². The number of aryl methyl sites for hydroxylation is 4. The van der Waals surface area contributed by atoms with Crippen LogP contribution in [0, 0.1) is 0 Å². The van der Waals surface area contributed by atoms with E-state index in [-0.39, 0.29) is 12.1 Å². The van der Waals surface area contributed by atoms with Crippen LogP contribution in [-0.4, -0.2) is 6.71 Å². The Labute approximate surface area is 487 Å². The molecule has 2 nitrogen and oxygen atoms in total. The van der Waals surface area contributed by atoms with E-state index in [1.165, 1.54) is 193 Å². The second-order valence-corrected chi connectivity index (χ2v) is 24.4. The van der Waals surface area contributed by atoms with Gasteiger partial charge in [0, 0.05) is 45.0 Å². The molecule has 0 N–H and O–H groups in total. The normalized spacial score (nSPS) is 12.6. The van der Waals surface area contributed by atoms with Crippen molar-refractivity contribution >= 4 is 57.2 Å². The van der Waals surface area contributed by atoms with Crippen molar-refractivity contribution in [2.75, 3.05) is 9.80 Å². The number of hydrogen-bond acceptors (Lipinski definition) is 2. The van der Waals surface area contributed by atoms with Gasteiger partial charge in [0.2, 0.25) is 0 Å². The van der Waals surface area contributed by atoms with Crippen molar-refractivity contribution in [1.29, 1.82) is 0 Å². The van der Waals surface area contributed by atoms with E-state index in [1.54, 1.807) is 0 Å². The Morgan fingerprint density at radius 1 is 0.333 bits per heavy atom. The fraction of sp³-hybridized carbons (Fsp3) is 0.308. The minimum Gasteiger partial charge on any atom is -0.310 e. The number of benzene rings is 9. The zero-order valence-corrected chi connectivity index (χ0v) is 49.8. The maximum atomic E-state index is 2.77. The molecule has 81 heavy (non-hydrogen) atoms. The zero-order chi connectivity index (χ0) is 55.9. The molecule has 0 aromatic heterocycles. The molecule has 0 unspecified atom stereocenters. The number of anilines is 6. The summed E-state index contributed by atoms with van der Waals surface area (Å²) in [5.74, 6) is 0. The molecule has 0 saturated heterocycles. The van der Waals surface area contributed by atoms with Crippen LogP contribution in [0.4, 0.5) is 34.1 Å². The molecule has 0 aliphatic carbocycles. The number of nitrogens with zero attached hydrogens (tertiary/aromatic N) is 2. The number of rotatable bonds is 22. The predicted octanol–water partition coefficient (Wildman–Crippen LogP) is 20.7. The summed E-state index contributed by atoms with van der Waals surface area (Å²) < 4.78 is 0. The van der Waals surface area contributed by atoms with E-state index in [2.05, 4.69) is 252 Å². The number of unbranched alkanes of at least 4 members (excludes halogenated alkanes) is 9. The first-order valence-electron chi connectivity index (χ1n) is 31.3. The minimum absolute atomic E-state index is 0.00251. The Kier molecular flexibility index (Phi) is 17.3. The van der Waals surface area contributed by atoms with Gasteiger partial charge in [0.15, 0.2) is 0 Å². The molecule has 11 rings (SSSR count). The standard InChI is InChI=1S/C78H85BN2/c1-8-12-15-22-33-57-44-46-71-69(50-57)79-70-51-58(34-23-16-13-9-2)45-47-72(70)81(77-67(62-40-29-20-30-41-62)54-64(78(5,6)7)55-68(77)63-42-31-21-32-43-63)74-53-59(35-24-17-14-10-3)52-73(75(74)79)80(71)76-65(60-36-25-18-26-37-60)48-56(11-4)49-66(76)61-38-27-19-28-39-61/h18-21,25-32,36-55H,8-17,22-24,33-35H2,1-7H3. The molecule has 2 heterocycles. The van der Waals surface area contributed by atoms with Crippen LogP contribution in [0.3, 0.4) is 0 Å². The van der Waals surface area contributed by atoms with Gasteiger partial charge in [0.25, 0.3) is 6.71 Å². The van der Waals surface area contributed by atoms with Crippen molar-refractivity contribution in [3.63, 3.8) is 0 Å². The summed E-state index contributed by atoms with van der Waals surface area (Å²) in [7, 11) is 0. The molecule has 9 aromatic carbocycles. The van der Waals surface area contributed by atoms with Crippen molar-refractivity contribution in [1.82, 2.24) is 0 Å². The lowest BCUT2D eigenvalue weighted by Crippen LogP contribution is -2.61. The molecular weight excluding hydrogens is 976 g/mol. The molecule has 0 fully saturated rings. The summed E-state index contributed by atoms with van der Waals surface area (Å²) in [6.45, 7) is 16.4. The second-order valence-electron chi connectivity index (χ2n) is 24.4. The van der Waals surface area contributed by atoms with Gasteiger partial charge in [-0.1, -0.05) is 252 Å². The summed E-state index contributed by atoms with van der Waals surface area (Å²) in [6.07, 6.45) is 18.8. The smallest absolute Gasteiger partial charge is 0.252 e. The number of hydrogen-bond donors (Lipinski definition) is 0. The Hall–Kier alpha value is -7.36. The molecular formula is C78H85BN2. The average Bonchev–Trinajstić information content (AvgIpc) is 3.66. The van der Waals surface area contributed by atoms with Crippen LogP contribution in [0.5, 0.6) is 0 Å². The van der Waals surface area contributed by atoms with Crippen LogP contribution < -0.4 is 26.2 Å². The van der Waals surface area contributed by atoms with E-state index in [0.29, 0.717) is 0 Å². The highest BCUT2D eigenvalue weighted by molar-refractivity contribution is 7.00. The summed E-state index contributed by atoms with van der Waals surface area (Å²) in [5.41, 5.74) is 28.7. The van der Waals surface area contributed by atoms with E-state index in [9.17, 15) is 0 Å². The molecule has 0 atom stereocenters. The third kappa shape index (κ3) is 11.6. The van der Waals surface area contributed by atoms with Crippen LogP contribution in [0.15, 0.2) is 194 Å². The maximum Gasteiger partial charge on any atom is 0.252 e. The molecule has 0 bridgehead atoms. The topological polar surface area (TPSA) is 6.48 Å². The first kappa shape index (κ1) is 55.5. The van der Waals surface area contributed by atoms with Gasteiger partial charge in [0.05, 0.1) is 11.4 Å². The van der Waals surface area contributed by atoms with Crippen molar-refractivity contribution in [3.8, 4) is 44.5 Å². The summed E-state index contributed by atoms with van der Waals surface area (Å²) in [4.78, 5) is 5.54. The highest BCUT2D eigenvalue weighted by Crippen LogP contribution is 2.54. The molecule has 410 valence electrons. The van der Waals surface area contributed by atoms with Gasteiger partial charge in [-0.3, -0.25) is 0 Å². The van der Waals surface area contributed by atoms with E-state index < -0.39 is 0 Å². The highest BCUT2D eigenvalue weighted by Gasteiger charge is 2.45. The fourth-order valence-corrected chi connectivity index (χ4v) is 13.2. The summed E-state index contributed by atoms with van der Waals surface area (Å²) in [5, 5.41) is 0. The van der Waals surface area contributed by atoms with Crippen LogP contribution in [-0.2, 0) is 31.1 Å². The number of fused-ring (bicyclic) bond motifs is 4. The third-order valence-corrected chi connectivity index (χ3v) is 17.6. The van der Waals surface area contributed by atoms with Gasteiger partial charge in [0.1, 0.15) is 0 Å².